The average Bonchev–Trinajstić information content (AvgIpc) is 2.85. The Balaban J connectivity index is 0.000000162. The quantitative estimate of drug-likeness (QED) is 0.658. The van der Waals surface area contributed by atoms with E-state index in [1.54, 1.807) is 48.5 Å². The Bertz CT molecular complexity index is 895. The number of fused-ring (bicyclic) bond motifs is 4. The Morgan fingerprint density at radius 2 is 1.64 bits per heavy atom. The average molecular weight is 381 g/mol. The van der Waals surface area contributed by atoms with Gasteiger partial charge in [-0.2, -0.15) is 0 Å². The monoisotopic (exact) mass is 381 g/mol. The molecule has 3 heterocycles. The fourth-order valence-corrected chi connectivity index (χ4v) is 4.16. The summed E-state index contributed by atoms with van der Waals surface area (Å²) in [6, 6.07) is 13.8. The molecule has 3 N–H and O–H groups in total. The van der Waals surface area contributed by atoms with Gasteiger partial charge in [0, 0.05) is 17.2 Å². The second kappa shape index (κ2) is 6.74. The summed E-state index contributed by atoms with van der Waals surface area (Å²) in [5.74, 6) is -0.590. The molecule has 0 spiro atoms. The zero-order valence-electron chi connectivity index (χ0n) is 15.6. The van der Waals surface area contributed by atoms with Crippen molar-refractivity contribution >= 4 is 5.97 Å². The van der Waals surface area contributed by atoms with E-state index in [0.717, 1.165) is 19.3 Å². The summed E-state index contributed by atoms with van der Waals surface area (Å²) in [4.78, 5) is 13.6. The Hall–Kier alpha value is -2.67. The zero-order valence-corrected chi connectivity index (χ0v) is 15.6. The van der Waals surface area contributed by atoms with Crippen LogP contribution in [0.2, 0.25) is 0 Å². The minimum Gasteiger partial charge on any atom is -0.479 e. The van der Waals surface area contributed by atoms with Crippen LogP contribution in [0, 0.1) is 0 Å². The Kier molecular flexibility index (Phi) is 4.50. The van der Waals surface area contributed by atoms with E-state index in [1.165, 1.54) is 0 Å². The number of likely N-dealkylation sites (N-methyl/N-ethyl adjacent to an activating group) is 1. The number of hydrogen-bond acceptors (Lipinski definition) is 5. The van der Waals surface area contributed by atoms with Crippen LogP contribution in [0.15, 0.2) is 60.7 Å². The van der Waals surface area contributed by atoms with Crippen LogP contribution in [0.1, 0.15) is 30.4 Å². The van der Waals surface area contributed by atoms with Crippen LogP contribution in [-0.2, 0) is 10.4 Å². The molecule has 0 aromatic heterocycles. The van der Waals surface area contributed by atoms with Crippen molar-refractivity contribution in [1.29, 1.82) is 0 Å². The number of hydrogen-bond donors (Lipinski definition) is 3. The van der Waals surface area contributed by atoms with Crippen molar-refractivity contribution in [3.8, 4) is 11.5 Å². The highest BCUT2D eigenvalue weighted by atomic mass is 16.5. The van der Waals surface area contributed by atoms with Gasteiger partial charge in [-0.3, -0.25) is 4.90 Å². The number of rotatable bonds is 1. The molecule has 146 valence electrons. The van der Waals surface area contributed by atoms with E-state index in [0.29, 0.717) is 17.5 Å². The minimum atomic E-state index is -2.06. The van der Waals surface area contributed by atoms with Gasteiger partial charge >= 0.3 is 5.97 Å². The number of para-hydroxylation sites is 2. The molecule has 1 saturated heterocycles. The lowest BCUT2D eigenvalue weighted by molar-refractivity contribution is -0.155. The van der Waals surface area contributed by atoms with Crippen molar-refractivity contribution in [2.24, 2.45) is 0 Å². The molecule has 2 aromatic carbocycles. The van der Waals surface area contributed by atoms with Crippen molar-refractivity contribution in [3.05, 3.63) is 71.8 Å². The molecule has 3 aliphatic heterocycles. The Labute approximate surface area is 163 Å². The van der Waals surface area contributed by atoms with Gasteiger partial charge in [0.05, 0.1) is 0 Å². The number of carbonyl (C=O) groups is 1. The molecular formula is C22H23NO5. The lowest BCUT2D eigenvalue weighted by atomic mass is 9.83. The van der Waals surface area contributed by atoms with E-state index in [4.69, 9.17) is 4.74 Å². The van der Waals surface area contributed by atoms with Crippen molar-refractivity contribution in [2.45, 2.75) is 36.6 Å². The highest BCUT2D eigenvalue weighted by molar-refractivity contribution is 5.87. The van der Waals surface area contributed by atoms with E-state index in [1.807, 2.05) is 13.1 Å². The lowest BCUT2D eigenvalue weighted by Crippen LogP contribution is -2.44. The van der Waals surface area contributed by atoms with Crippen LogP contribution in [0.4, 0.5) is 0 Å². The third-order valence-corrected chi connectivity index (χ3v) is 5.88. The van der Waals surface area contributed by atoms with Gasteiger partial charge in [0.1, 0.15) is 17.2 Å². The summed E-state index contributed by atoms with van der Waals surface area (Å²) in [5, 5.41) is 29.8. The molecule has 2 atom stereocenters. The second-order valence-electron chi connectivity index (χ2n) is 7.43. The minimum absolute atomic E-state index is 0.246. The van der Waals surface area contributed by atoms with Crippen LogP contribution in [0.5, 0.6) is 11.5 Å². The molecule has 0 radical (unpaired) electrons. The van der Waals surface area contributed by atoms with Gasteiger partial charge in [-0.15, -0.1) is 0 Å². The molecule has 0 amide bonds. The van der Waals surface area contributed by atoms with E-state index in [9.17, 15) is 20.1 Å². The first-order valence-electron chi connectivity index (χ1n) is 9.32. The van der Waals surface area contributed by atoms with Crippen LogP contribution in [-0.4, -0.2) is 45.0 Å². The third kappa shape index (κ3) is 2.81. The molecule has 2 bridgehead atoms. The molecule has 28 heavy (non-hydrogen) atoms. The maximum atomic E-state index is 11.5. The predicted octanol–water partition coefficient (Wildman–Crippen LogP) is 2.84. The molecule has 0 unspecified atom stereocenters. The van der Waals surface area contributed by atoms with Crippen LogP contribution in [0.25, 0.3) is 0 Å². The van der Waals surface area contributed by atoms with Crippen molar-refractivity contribution in [1.82, 2.24) is 4.90 Å². The number of aliphatic carboxylic acids is 1. The van der Waals surface area contributed by atoms with Crippen LogP contribution < -0.4 is 4.74 Å². The normalized spacial score (nSPS) is 26.3. The fraction of sp³-hybridized carbons (Fsp3) is 0.318. The van der Waals surface area contributed by atoms with Gasteiger partial charge in [-0.25, -0.2) is 4.79 Å². The number of carboxylic acids is 1. The molecule has 0 aliphatic carbocycles. The van der Waals surface area contributed by atoms with Gasteiger partial charge in [0.15, 0.2) is 0 Å². The Morgan fingerprint density at radius 1 is 1.07 bits per heavy atom. The van der Waals surface area contributed by atoms with E-state index < -0.39 is 17.3 Å². The number of nitrogens with zero attached hydrogens (tertiary/aromatic N) is 1. The highest BCUT2D eigenvalue weighted by Crippen LogP contribution is 2.46. The number of aliphatic hydroxyl groups is 2. The Morgan fingerprint density at radius 3 is 2.14 bits per heavy atom. The van der Waals surface area contributed by atoms with Gasteiger partial charge in [0.2, 0.25) is 5.60 Å². The van der Waals surface area contributed by atoms with E-state index in [2.05, 4.69) is 11.0 Å². The lowest BCUT2D eigenvalue weighted by Gasteiger charge is -2.33. The number of ether oxygens (including phenoxy) is 1. The van der Waals surface area contributed by atoms with Gasteiger partial charge < -0.3 is 20.1 Å². The topological polar surface area (TPSA) is 90.2 Å². The predicted molar refractivity (Wildman–Crippen MR) is 103 cm³/mol. The van der Waals surface area contributed by atoms with Crippen molar-refractivity contribution in [3.63, 3.8) is 0 Å². The third-order valence-electron chi connectivity index (χ3n) is 5.88. The molecule has 0 saturated carbocycles. The summed E-state index contributed by atoms with van der Waals surface area (Å²) in [7, 11) is 2.00. The highest BCUT2D eigenvalue weighted by Gasteiger charge is 2.47. The standard InChI is InChI=1S/C14H10O4.C8H13NO/c15-13(16)14(17)9-5-1-3-7-11(9)18-12-8-4-2-6-10(12)14;1-9-7-3-2-5-8(9,10)6-4-7/h1-8,17H,(H,15,16);2,5,7,10H,3-4,6H2,1H3/t;7-,8-/m.1/s1. The summed E-state index contributed by atoms with van der Waals surface area (Å²) < 4.78 is 5.60. The number of carboxylic acid groups (broad SMARTS) is 1. The first kappa shape index (κ1) is 18.7. The summed E-state index contributed by atoms with van der Waals surface area (Å²) >= 11 is 0. The smallest absolute Gasteiger partial charge is 0.345 e. The van der Waals surface area contributed by atoms with Crippen LogP contribution in [0.3, 0.4) is 0 Å². The zero-order chi connectivity index (χ0) is 19.9. The second-order valence-corrected chi connectivity index (χ2v) is 7.43. The van der Waals surface area contributed by atoms with Gasteiger partial charge in [0.25, 0.3) is 0 Å². The number of benzene rings is 2. The summed E-state index contributed by atoms with van der Waals surface area (Å²) in [6.45, 7) is 0. The SMILES string of the molecule is CN1[C@@H]2CC=C[C@@]1(O)CC2.O=C(O)C1(O)c2ccccc2Oc2ccccc21. The largest absolute Gasteiger partial charge is 0.479 e. The molecule has 5 rings (SSSR count). The summed E-state index contributed by atoms with van der Waals surface area (Å²) in [5.41, 5.74) is -2.17. The first-order chi connectivity index (χ1) is 13.4. The maximum absolute atomic E-state index is 11.5. The van der Waals surface area contributed by atoms with Gasteiger partial charge in [-0.05, 0) is 44.5 Å². The molecular weight excluding hydrogens is 358 g/mol. The van der Waals surface area contributed by atoms with Crippen molar-refractivity contribution in [2.75, 3.05) is 7.05 Å². The van der Waals surface area contributed by atoms with Crippen molar-refractivity contribution < 1.29 is 24.9 Å². The molecule has 6 heteroatoms. The summed E-state index contributed by atoms with van der Waals surface area (Å²) in [6.07, 6.45) is 7.18. The first-order valence-corrected chi connectivity index (χ1v) is 9.32. The molecule has 3 aliphatic rings. The molecule has 1 fully saturated rings. The molecule has 6 nitrogen and oxygen atoms in total. The van der Waals surface area contributed by atoms with E-state index in [-0.39, 0.29) is 11.1 Å². The maximum Gasteiger partial charge on any atom is 0.345 e. The molecule has 2 aromatic rings. The van der Waals surface area contributed by atoms with E-state index >= 15 is 0 Å². The van der Waals surface area contributed by atoms with Gasteiger partial charge in [-0.1, -0.05) is 42.5 Å². The fourth-order valence-electron chi connectivity index (χ4n) is 4.16. The van der Waals surface area contributed by atoms with Crippen LogP contribution >= 0.6 is 0 Å².